The Bertz CT molecular complexity index is 198. The Hall–Kier alpha value is 0.170. The van der Waals surface area contributed by atoms with Crippen LogP contribution in [-0.2, 0) is 4.74 Å². The number of methoxy groups -OCH3 is 1. The van der Waals surface area contributed by atoms with E-state index in [2.05, 4.69) is 10.2 Å². The summed E-state index contributed by atoms with van der Waals surface area (Å²) in [4.78, 5) is 2.63. The number of hydrogen-bond donors (Lipinski definition) is 1. The Balaban J connectivity index is 0.00000144. The zero-order valence-electron chi connectivity index (χ0n) is 11.0. The molecule has 0 spiro atoms. The molecule has 0 bridgehead atoms. The summed E-state index contributed by atoms with van der Waals surface area (Å²) in [6.45, 7) is 7.28. The highest BCUT2D eigenvalue weighted by molar-refractivity contribution is 5.85. The molecule has 2 fully saturated rings. The average molecular weight is 263 g/mol. The number of nitrogens with one attached hydrogen (secondary N) is 1. The third kappa shape index (κ3) is 5.12. The molecule has 2 aliphatic rings. The van der Waals surface area contributed by atoms with Gasteiger partial charge in [0.2, 0.25) is 0 Å². The number of piperidine rings is 1. The van der Waals surface area contributed by atoms with Gasteiger partial charge >= 0.3 is 0 Å². The van der Waals surface area contributed by atoms with Gasteiger partial charge in [0, 0.05) is 13.7 Å². The molecule has 1 N–H and O–H groups in total. The maximum Gasteiger partial charge on any atom is 0.0503 e. The fraction of sp³-hybridized carbons (Fsp3) is 1.00. The number of nitrogens with zero attached hydrogens (tertiary/aromatic N) is 1. The molecule has 2 rings (SSSR count). The highest BCUT2D eigenvalue weighted by Gasteiger charge is 2.23. The minimum Gasteiger partial charge on any atom is -0.384 e. The molecular formula is C13H27ClN2O. The van der Waals surface area contributed by atoms with E-state index in [4.69, 9.17) is 4.74 Å². The molecule has 2 aliphatic heterocycles. The summed E-state index contributed by atoms with van der Waals surface area (Å²) in [5.74, 6) is 1.76. The first-order chi connectivity index (χ1) is 7.88. The molecule has 102 valence electrons. The number of ether oxygens (including phenoxy) is 1. The highest BCUT2D eigenvalue weighted by Crippen LogP contribution is 2.20. The van der Waals surface area contributed by atoms with Gasteiger partial charge in [-0.05, 0) is 63.7 Å². The molecule has 1 atom stereocenters. The van der Waals surface area contributed by atoms with Crippen molar-refractivity contribution in [1.29, 1.82) is 0 Å². The van der Waals surface area contributed by atoms with Crippen LogP contribution in [0.5, 0.6) is 0 Å². The number of likely N-dealkylation sites (tertiary alicyclic amines) is 1. The summed E-state index contributed by atoms with van der Waals surface area (Å²) in [6, 6.07) is 0. The second kappa shape index (κ2) is 8.30. The van der Waals surface area contributed by atoms with Crippen LogP contribution in [0.2, 0.25) is 0 Å². The van der Waals surface area contributed by atoms with E-state index < -0.39 is 0 Å². The Labute approximate surface area is 112 Å². The van der Waals surface area contributed by atoms with Crippen molar-refractivity contribution < 1.29 is 4.74 Å². The molecular weight excluding hydrogens is 236 g/mol. The lowest BCUT2D eigenvalue weighted by Gasteiger charge is -2.25. The predicted octanol–water partition coefficient (Wildman–Crippen LogP) is 1.77. The lowest BCUT2D eigenvalue weighted by atomic mass is 9.94. The van der Waals surface area contributed by atoms with Crippen molar-refractivity contribution >= 4 is 12.4 Å². The first kappa shape index (κ1) is 15.2. The molecule has 2 heterocycles. The van der Waals surface area contributed by atoms with E-state index in [1.54, 1.807) is 0 Å². The second-order valence-electron chi connectivity index (χ2n) is 5.39. The monoisotopic (exact) mass is 262 g/mol. The summed E-state index contributed by atoms with van der Waals surface area (Å²) in [5.41, 5.74) is 0. The van der Waals surface area contributed by atoms with Crippen molar-refractivity contribution in [3.05, 3.63) is 0 Å². The van der Waals surface area contributed by atoms with E-state index >= 15 is 0 Å². The van der Waals surface area contributed by atoms with Gasteiger partial charge in [-0.3, -0.25) is 0 Å². The van der Waals surface area contributed by atoms with Crippen LogP contribution < -0.4 is 5.32 Å². The number of hydrogen-bond acceptors (Lipinski definition) is 3. The Morgan fingerprint density at radius 1 is 1.18 bits per heavy atom. The quantitative estimate of drug-likeness (QED) is 0.817. The number of halogens is 1. The maximum atomic E-state index is 5.23. The van der Waals surface area contributed by atoms with Crippen molar-refractivity contribution in [3.63, 3.8) is 0 Å². The van der Waals surface area contributed by atoms with Gasteiger partial charge in [0.25, 0.3) is 0 Å². The van der Waals surface area contributed by atoms with Crippen molar-refractivity contribution in [2.45, 2.75) is 25.7 Å². The smallest absolute Gasteiger partial charge is 0.0503 e. The standard InChI is InChI=1S/C13H26N2O.ClH/c1-16-11-13-5-9-15(10-13)8-4-12-2-6-14-7-3-12;/h12-14H,2-11H2,1H3;1H. The van der Waals surface area contributed by atoms with Gasteiger partial charge in [0.15, 0.2) is 0 Å². The summed E-state index contributed by atoms with van der Waals surface area (Å²) in [7, 11) is 1.82. The summed E-state index contributed by atoms with van der Waals surface area (Å²) in [5, 5.41) is 3.44. The minimum absolute atomic E-state index is 0. The Morgan fingerprint density at radius 3 is 2.65 bits per heavy atom. The average Bonchev–Trinajstić information content (AvgIpc) is 2.76. The second-order valence-corrected chi connectivity index (χ2v) is 5.39. The van der Waals surface area contributed by atoms with Crippen LogP contribution in [0.25, 0.3) is 0 Å². The predicted molar refractivity (Wildman–Crippen MR) is 73.9 cm³/mol. The molecule has 2 saturated heterocycles. The highest BCUT2D eigenvalue weighted by atomic mass is 35.5. The Morgan fingerprint density at radius 2 is 1.94 bits per heavy atom. The normalized spacial score (nSPS) is 27.0. The molecule has 0 amide bonds. The van der Waals surface area contributed by atoms with E-state index in [1.165, 1.54) is 58.4 Å². The molecule has 0 aromatic heterocycles. The van der Waals surface area contributed by atoms with Gasteiger partial charge < -0.3 is 15.0 Å². The van der Waals surface area contributed by atoms with Crippen LogP contribution in [0.1, 0.15) is 25.7 Å². The van der Waals surface area contributed by atoms with Crippen LogP contribution in [0.4, 0.5) is 0 Å². The molecule has 1 unspecified atom stereocenters. The minimum atomic E-state index is 0. The molecule has 0 saturated carbocycles. The van der Waals surface area contributed by atoms with E-state index in [0.717, 1.165) is 18.4 Å². The van der Waals surface area contributed by atoms with E-state index in [1.807, 2.05) is 7.11 Å². The Kier molecular flexibility index (Phi) is 7.44. The van der Waals surface area contributed by atoms with Crippen LogP contribution in [0.3, 0.4) is 0 Å². The van der Waals surface area contributed by atoms with Crippen LogP contribution in [0.15, 0.2) is 0 Å². The topological polar surface area (TPSA) is 24.5 Å². The van der Waals surface area contributed by atoms with E-state index in [0.29, 0.717) is 0 Å². The lowest BCUT2D eigenvalue weighted by molar-refractivity contribution is 0.152. The summed E-state index contributed by atoms with van der Waals surface area (Å²) < 4.78 is 5.23. The van der Waals surface area contributed by atoms with Crippen molar-refractivity contribution in [1.82, 2.24) is 10.2 Å². The van der Waals surface area contributed by atoms with Crippen molar-refractivity contribution in [2.75, 3.05) is 46.4 Å². The zero-order chi connectivity index (χ0) is 11.2. The van der Waals surface area contributed by atoms with Gasteiger partial charge in [-0.2, -0.15) is 0 Å². The SMILES string of the molecule is COCC1CCN(CCC2CCNCC2)C1.Cl. The number of rotatable bonds is 5. The summed E-state index contributed by atoms with van der Waals surface area (Å²) in [6.07, 6.45) is 5.51. The molecule has 4 heteroatoms. The maximum absolute atomic E-state index is 5.23. The van der Waals surface area contributed by atoms with Gasteiger partial charge in [0.05, 0.1) is 6.61 Å². The van der Waals surface area contributed by atoms with Crippen molar-refractivity contribution in [3.8, 4) is 0 Å². The largest absolute Gasteiger partial charge is 0.384 e. The van der Waals surface area contributed by atoms with E-state index in [9.17, 15) is 0 Å². The van der Waals surface area contributed by atoms with Gasteiger partial charge in [0.1, 0.15) is 0 Å². The van der Waals surface area contributed by atoms with Gasteiger partial charge in [-0.1, -0.05) is 0 Å². The fourth-order valence-corrected chi connectivity index (χ4v) is 3.02. The van der Waals surface area contributed by atoms with Gasteiger partial charge in [-0.25, -0.2) is 0 Å². The lowest BCUT2D eigenvalue weighted by Crippen LogP contribution is -2.31. The third-order valence-corrected chi connectivity index (χ3v) is 4.08. The molecule has 0 aliphatic carbocycles. The molecule has 0 aromatic carbocycles. The van der Waals surface area contributed by atoms with Crippen LogP contribution >= 0.6 is 12.4 Å². The molecule has 17 heavy (non-hydrogen) atoms. The summed E-state index contributed by atoms with van der Waals surface area (Å²) >= 11 is 0. The zero-order valence-corrected chi connectivity index (χ0v) is 11.8. The third-order valence-electron chi connectivity index (χ3n) is 4.08. The molecule has 3 nitrogen and oxygen atoms in total. The molecule has 0 aromatic rings. The first-order valence-electron chi connectivity index (χ1n) is 6.80. The fourth-order valence-electron chi connectivity index (χ4n) is 3.02. The first-order valence-corrected chi connectivity index (χ1v) is 6.80. The van der Waals surface area contributed by atoms with Crippen LogP contribution in [-0.4, -0.2) is 51.3 Å². The van der Waals surface area contributed by atoms with E-state index in [-0.39, 0.29) is 12.4 Å². The van der Waals surface area contributed by atoms with Crippen molar-refractivity contribution in [2.24, 2.45) is 11.8 Å². The molecule has 0 radical (unpaired) electrons. The van der Waals surface area contributed by atoms with Gasteiger partial charge in [-0.15, -0.1) is 12.4 Å². The van der Waals surface area contributed by atoms with Crippen LogP contribution in [0, 0.1) is 11.8 Å².